The van der Waals surface area contributed by atoms with Crippen molar-refractivity contribution in [2.45, 2.75) is 32.9 Å². The summed E-state index contributed by atoms with van der Waals surface area (Å²) < 4.78 is 5.39. The molecule has 1 aliphatic heterocycles. The predicted octanol–water partition coefficient (Wildman–Crippen LogP) is 2.71. The first-order valence-electron chi connectivity index (χ1n) is 8.00. The molecule has 0 bridgehead atoms. The number of ether oxygens (including phenoxy) is 1. The highest BCUT2D eigenvalue weighted by atomic mass is 32.1. The van der Waals surface area contributed by atoms with Gasteiger partial charge in [0.05, 0.1) is 13.2 Å². The van der Waals surface area contributed by atoms with Crippen molar-refractivity contribution in [3.8, 4) is 0 Å². The first-order chi connectivity index (χ1) is 11.0. The van der Waals surface area contributed by atoms with E-state index in [1.54, 1.807) is 11.3 Å². The van der Waals surface area contributed by atoms with Gasteiger partial charge in [-0.15, -0.1) is 11.3 Å². The highest BCUT2D eigenvalue weighted by molar-refractivity contribution is 7.15. The summed E-state index contributed by atoms with van der Waals surface area (Å²) in [4.78, 5) is 12.5. The number of thiazole rings is 1. The van der Waals surface area contributed by atoms with Crippen LogP contribution in [-0.4, -0.2) is 36.3 Å². The molecule has 1 N–H and O–H groups in total. The van der Waals surface area contributed by atoms with Gasteiger partial charge in [0.25, 0.3) is 0 Å². The lowest BCUT2D eigenvalue weighted by Gasteiger charge is -2.27. The summed E-state index contributed by atoms with van der Waals surface area (Å²) in [5.41, 5.74) is 2.12. The second-order valence-corrected chi connectivity index (χ2v) is 7.47. The molecular weight excluding hydrogens is 308 g/mol. The van der Waals surface area contributed by atoms with Crippen LogP contribution in [0.4, 0.5) is 5.13 Å². The van der Waals surface area contributed by atoms with Gasteiger partial charge in [0.15, 0.2) is 5.13 Å². The Balaban J connectivity index is 1.61. The van der Waals surface area contributed by atoms with Gasteiger partial charge in [-0.25, -0.2) is 4.98 Å². The zero-order valence-corrected chi connectivity index (χ0v) is 14.8. The fourth-order valence-electron chi connectivity index (χ4n) is 2.53. The molecule has 0 amide bonds. The maximum absolute atomic E-state index is 5.39. The molecule has 0 spiro atoms. The molecular formula is C17H24N4OS. The Kier molecular flexibility index (Phi) is 4.94. The molecule has 5 nitrogen and oxygen atoms in total. The Bertz CT molecular complexity index is 632. The minimum atomic E-state index is -0.121. The molecule has 1 aliphatic rings. The van der Waals surface area contributed by atoms with E-state index in [1.807, 2.05) is 19.3 Å². The van der Waals surface area contributed by atoms with Crippen molar-refractivity contribution in [1.82, 2.24) is 15.3 Å². The Hall–Kier alpha value is -1.50. The minimum Gasteiger partial charge on any atom is -0.378 e. The summed E-state index contributed by atoms with van der Waals surface area (Å²) in [5.74, 6) is 0. The smallest absolute Gasteiger partial charge is 0.185 e. The normalized spacial score (nSPS) is 15.9. The summed E-state index contributed by atoms with van der Waals surface area (Å²) in [6.07, 6.45) is 3.93. The first-order valence-corrected chi connectivity index (χ1v) is 8.82. The molecule has 0 aliphatic carbocycles. The molecule has 0 aromatic carbocycles. The Morgan fingerprint density at radius 2 is 2.00 bits per heavy atom. The third-order valence-corrected chi connectivity index (χ3v) is 5.22. The molecule has 3 rings (SSSR count). The fourth-order valence-corrected chi connectivity index (χ4v) is 3.43. The molecule has 3 heterocycles. The SMILES string of the molecule is Cc1ccc(C(C)(C)NCc2cnc(N3CCOCC3)s2)cn1. The van der Waals surface area contributed by atoms with Crippen LogP contribution in [-0.2, 0) is 16.8 Å². The number of morpholine rings is 1. The average molecular weight is 332 g/mol. The fraction of sp³-hybridized carbons (Fsp3) is 0.529. The molecule has 2 aromatic heterocycles. The van der Waals surface area contributed by atoms with Crippen LogP contribution in [0.15, 0.2) is 24.5 Å². The van der Waals surface area contributed by atoms with E-state index in [9.17, 15) is 0 Å². The van der Waals surface area contributed by atoms with E-state index in [-0.39, 0.29) is 5.54 Å². The molecule has 124 valence electrons. The second-order valence-electron chi connectivity index (χ2n) is 6.38. The lowest BCUT2D eigenvalue weighted by Crippen LogP contribution is -2.36. The van der Waals surface area contributed by atoms with Crippen LogP contribution < -0.4 is 10.2 Å². The zero-order chi connectivity index (χ0) is 16.3. The van der Waals surface area contributed by atoms with Gasteiger partial charge in [0, 0.05) is 48.1 Å². The van der Waals surface area contributed by atoms with E-state index in [2.05, 4.69) is 46.2 Å². The van der Waals surface area contributed by atoms with E-state index >= 15 is 0 Å². The predicted molar refractivity (Wildman–Crippen MR) is 94.0 cm³/mol. The molecule has 0 saturated carbocycles. The van der Waals surface area contributed by atoms with Crippen LogP contribution in [0.25, 0.3) is 0 Å². The highest BCUT2D eigenvalue weighted by Crippen LogP contribution is 2.25. The number of rotatable bonds is 5. The third kappa shape index (κ3) is 4.07. The third-order valence-electron chi connectivity index (χ3n) is 4.16. The minimum absolute atomic E-state index is 0.121. The summed E-state index contributed by atoms with van der Waals surface area (Å²) in [5, 5.41) is 4.71. The summed E-state index contributed by atoms with van der Waals surface area (Å²) >= 11 is 1.76. The van der Waals surface area contributed by atoms with Crippen LogP contribution >= 0.6 is 11.3 Å². The van der Waals surface area contributed by atoms with Crippen LogP contribution in [0.1, 0.15) is 30.0 Å². The summed E-state index contributed by atoms with van der Waals surface area (Å²) in [6.45, 7) is 10.6. The second kappa shape index (κ2) is 6.95. The average Bonchev–Trinajstić information content (AvgIpc) is 3.03. The highest BCUT2D eigenvalue weighted by Gasteiger charge is 2.21. The van der Waals surface area contributed by atoms with Crippen LogP contribution in [0.5, 0.6) is 0 Å². The maximum atomic E-state index is 5.39. The van der Waals surface area contributed by atoms with Gasteiger partial charge < -0.3 is 15.0 Å². The Labute approximate surface area is 141 Å². The monoisotopic (exact) mass is 332 g/mol. The number of aromatic nitrogens is 2. The largest absolute Gasteiger partial charge is 0.378 e. The molecule has 23 heavy (non-hydrogen) atoms. The van der Waals surface area contributed by atoms with Gasteiger partial charge in [-0.05, 0) is 32.4 Å². The van der Waals surface area contributed by atoms with Gasteiger partial charge in [-0.1, -0.05) is 6.07 Å². The molecule has 1 saturated heterocycles. The van der Waals surface area contributed by atoms with Crippen LogP contribution in [0.2, 0.25) is 0 Å². The van der Waals surface area contributed by atoms with Crippen LogP contribution in [0.3, 0.4) is 0 Å². The molecule has 6 heteroatoms. The van der Waals surface area contributed by atoms with Crippen molar-refractivity contribution in [1.29, 1.82) is 0 Å². The number of nitrogens with zero attached hydrogens (tertiary/aromatic N) is 3. The van der Waals surface area contributed by atoms with Crippen molar-refractivity contribution in [2.75, 3.05) is 31.2 Å². The van der Waals surface area contributed by atoms with Gasteiger partial charge in [-0.2, -0.15) is 0 Å². The standard InChI is InChI=1S/C17H24N4OS/c1-13-4-5-14(10-18-13)17(2,3)20-12-15-11-19-16(23-15)21-6-8-22-9-7-21/h4-5,10-11,20H,6-9,12H2,1-3H3. The van der Waals surface area contributed by atoms with Gasteiger partial charge >= 0.3 is 0 Å². The lowest BCUT2D eigenvalue weighted by molar-refractivity contribution is 0.122. The van der Waals surface area contributed by atoms with E-state index in [0.29, 0.717) is 0 Å². The van der Waals surface area contributed by atoms with Crippen molar-refractivity contribution in [3.05, 3.63) is 40.7 Å². The van der Waals surface area contributed by atoms with Crippen molar-refractivity contribution in [3.63, 3.8) is 0 Å². The van der Waals surface area contributed by atoms with Crippen molar-refractivity contribution in [2.24, 2.45) is 0 Å². The summed E-state index contributed by atoms with van der Waals surface area (Å²) in [7, 11) is 0. The number of pyridine rings is 1. The Morgan fingerprint density at radius 3 is 2.70 bits per heavy atom. The molecule has 1 fully saturated rings. The number of hydrogen-bond acceptors (Lipinski definition) is 6. The van der Waals surface area contributed by atoms with Crippen LogP contribution in [0, 0.1) is 6.92 Å². The van der Waals surface area contributed by atoms with Gasteiger partial charge in [0.2, 0.25) is 0 Å². The number of anilines is 1. The summed E-state index contributed by atoms with van der Waals surface area (Å²) in [6, 6.07) is 4.20. The maximum Gasteiger partial charge on any atom is 0.185 e. The quantitative estimate of drug-likeness (QED) is 0.912. The molecule has 0 atom stereocenters. The van der Waals surface area contributed by atoms with Gasteiger partial charge in [0.1, 0.15) is 0 Å². The number of hydrogen-bond donors (Lipinski definition) is 1. The van der Waals surface area contributed by atoms with Gasteiger partial charge in [-0.3, -0.25) is 4.98 Å². The van der Waals surface area contributed by atoms with E-state index in [1.165, 1.54) is 10.4 Å². The van der Waals surface area contributed by atoms with Crippen molar-refractivity contribution < 1.29 is 4.74 Å². The topological polar surface area (TPSA) is 50.3 Å². The zero-order valence-electron chi connectivity index (χ0n) is 14.0. The lowest BCUT2D eigenvalue weighted by atomic mass is 9.96. The number of nitrogens with one attached hydrogen (secondary N) is 1. The molecule has 0 radical (unpaired) electrons. The van der Waals surface area contributed by atoms with Crippen molar-refractivity contribution >= 4 is 16.5 Å². The molecule has 0 unspecified atom stereocenters. The van der Waals surface area contributed by atoms with E-state index < -0.39 is 0 Å². The Morgan fingerprint density at radius 1 is 1.22 bits per heavy atom. The number of aryl methyl sites for hydroxylation is 1. The van der Waals surface area contributed by atoms with E-state index in [4.69, 9.17) is 4.74 Å². The first kappa shape index (κ1) is 16.4. The van der Waals surface area contributed by atoms with E-state index in [0.717, 1.165) is 43.7 Å². The molecule has 2 aromatic rings.